The number of nitrogens with one attached hydrogen (secondary N) is 1. The molecule has 0 saturated carbocycles. The van der Waals surface area contributed by atoms with E-state index in [1.807, 2.05) is 69.7 Å². The van der Waals surface area contributed by atoms with E-state index in [9.17, 15) is 4.79 Å². The van der Waals surface area contributed by atoms with E-state index in [0.717, 1.165) is 28.8 Å². The predicted octanol–water partition coefficient (Wildman–Crippen LogP) is 4.20. The Labute approximate surface area is 157 Å². The largest absolute Gasteiger partial charge is 0.444 e. The van der Waals surface area contributed by atoms with Crippen molar-refractivity contribution in [3.8, 4) is 0 Å². The van der Waals surface area contributed by atoms with Crippen LogP contribution in [0.25, 0.3) is 0 Å². The SMILES string of the molecule is CN(C)CCN(C)c1ccc(Br)cc1NC(=O)OCc1ccccc1. The summed E-state index contributed by atoms with van der Waals surface area (Å²) in [7, 11) is 6.08. The number of likely N-dealkylation sites (N-methyl/N-ethyl adjacent to an activating group) is 2. The summed E-state index contributed by atoms with van der Waals surface area (Å²) in [6.07, 6.45) is -0.468. The van der Waals surface area contributed by atoms with Gasteiger partial charge in [-0.2, -0.15) is 0 Å². The molecule has 0 aromatic heterocycles. The van der Waals surface area contributed by atoms with Gasteiger partial charge < -0.3 is 14.5 Å². The summed E-state index contributed by atoms with van der Waals surface area (Å²) < 4.78 is 6.21. The Morgan fingerprint density at radius 2 is 1.80 bits per heavy atom. The van der Waals surface area contributed by atoms with Crippen LogP contribution in [0.3, 0.4) is 0 Å². The van der Waals surface area contributed by atoms with Crippen LogP contribution >= 0.6 is 15.9 Å². The highest BCUT2D eigenvalue weighted by Gasteiger charge is 2.12. The number of carbonyl (C=O) groups is 1. The lowest BCUT2D eigenvalue weighted by Gasteiger charge is -2.24. The van der Waals surface area contributed by atoms with Crippen LogP contribution in [0.4, 0.5) is 16.2 Å². The zero-order chi connectivity index (χ0) is 18.2. The van der Waals surface area contributed by atoms with Crippen LogP contribution in [0.5, 0.6) is 0 Å². The zero-order valence-corrected chi connectivity index (χ0v) is 16.4. The average Bonchev–Trinajstić information content (AvgIpc) is 2.59. The normalized spacial score (nSPS) is 10.6. The maximum atomic E-state index is 12.2. The van der Waals surface area contributed by atoms with Gasteiger partial charge in [-0.05, 0) is 37.9 Å². The Kier molecular flexibility index (Phi) is 7.28. The summed E-state index contributed by atoms with van der Waals surface area (Å²) in [5.41, 5.74) is 2.62. The summed E-state index contributed by atoms with van der Waals surface area (Å²) in [6.45, 7) is 2.01. The van der Waals surface area contributed by atoms with Crippen molar-refractivity contribution in [3.05, 3.63) is 58.6 Å². The molecule has 2 aromatic rings. The summed E-state index contributed by atoms with van der Waals surface area (Å²) in [5, 5.41) is 2.84. The van der Waals surface area contributed by atoms with Crippen molar-refractivity contribution in [2.45, 2.75) is 6.61 Å². The smallest absolute Gasteiger partial charge is 0.412 e. The lowest BCUT2D eigenvalue weighted by Crippen LogP contribution is -2.29. The van der Waals surface area contributed by atoms with Crippen LogP contribution in [0.1, 0.15) is 5.56 Å². The van der Waals surface area contributed by atoms with Crippen molar-refractivity contribution in [2.75, 3.05) is 44.4 Å². The van der Waals surface area contributed by atoms with Gasteiger partial charge >= 0.3 is 6.09 Å². The number of nitrogens with zero attached hydrogens (tertiary/aromatic N) is 2. The molecule has 1 amide bonds. The Morgan fingerprint density at radius 3 is 2.48 bits per heavy atom. The molecule has 0 aliphatic carbocycles. The summed E-state index contributed by atoms with van der Waals surface area (Å²) in [4.78, 5) is 16.4. The molecule has 5 nitrogen and oxygen atoms in total. The maximum absolute atomic E-state index is 12.2. The topological polar surface area (TPSA) is 44.8 Å². The van der Waals surface area contributed by atoms with Gasteiger partial charge in [0.25, 0.3) is 0 Å². The molecule has 0 saturated heterocycles. The van der Waals surface area contributed by atoms with E-state index in [4.69, 9.17) is 4.74 Å². The van der Waals surface area contributed by atoms with Crippen molar-refractivity contribution in [1.29, 1.82) is 0 Å². The molecule has 1 N–H and O–H groups in total. The number of halogens is 1. The van der Waals surface area contributed by atoms with Crippen molar-refractivity contribution >= 4 is 33.4 Å². The highest BCUT2D eigenvalue weighted by atomic mass is 79.9. The Bertz CT molecular complexity index is 692. The zero-order valence-electron chi connectivity index (χ0n) is 14.8. The highest BCUT2D eigenvalue weighted by molar-refractivity contribution is 9.10. The molecule has 134 valence electrons. The maximum Gasteiger partial charge on any atom is 0.412 e. The first-order valence-electron chi connectivity index (χ1n) is 8.09. The Morgan fingerprint density at radius 1 is 1.08 bits per heavy atom. The van der Waals surface area contributed by atoms with Crippen molar-refractivity contribution in [2.24, 2.45) is 0 Å². The van der Waals surface area contributed by atoms with Crippen LogP contribution in [0.15, 0.2) is 53.0 Å². The fourth-order valence-corrected chi connectivity index (χ4v) is 2.64. The number of carbonyl (C=O) groups excluding carboxylic acids is 1. The predicted molar refractivity (Wildman–Crippen MR) is 106 cm³/mol. The number of ether oxygens (including phenoxy) is 1. The minimum atomic E-state index is -0.468. The van der Waals surface area contributed by atoms with Gasteiger partial charge in [-0.3, -0.25) is 5.32 Å². The van der Waals surface area contributed by atoms with Crippen LogP contribution in [0.2, 0.25) is 0 Å². The minimum Gasteiger partial charge on any atom is -0.444 e. The summed E-state index contributed by atoms with van der Waals surface area (Å²) in [5.74, 6) is 0. The van der Waals surface area contributed by atoms with Crippen molar-refractivity contribution in [3.63, 3.8) is 0 Å². The highest BCUT2D eigenvalue weighted by Crippen LogP contribution is 2.29. The van der Waals surface area contributed by atoms with E-state index in [-0.39, 0.29) is 6.61 Å². The number of amides is 1. The molecule has 0 bridgehead atoms. The van der Waals surface area contributed by atoms with E-state index in [2.05, 4.69) is 31.0 Å². The molecule has 2 aromatic carbocycles. The Balaban J connectivity index is 2.02. The van der Waals surface area contributed by atoms with E-state index < -0.39 is 6.09 Å². The van der Waals surface area contributed by atoms with Gasteiger partial charge in [0.05, 0.1) is 11.4 Å². The van der Waals surface area contributed by atoms with Gasteiger partial charge in [0, 0.05) is 24.6 Å². The minimum absolute atomic E-state index is 0.243. The fourth-order valence-electron chi connectivity index (χ4n) is 2.28. The Hall–Kier alpha value is -2.05. The van der Waals surface area contributed by atoms with Crippen LogP contribution < -0.4 is 10.2 Å². The molecule has 6 heteroatoms. The number of benzene rings is 2. The monoisotopic (exact) mass is 405 g/mol. The van der Waals surface area contributed by atoms with Crippen LogP contribution in [0, 0.1) is 0 Å². The summed E-state index contributed by atoms with van der Waals surface area (Å²) in [6, 6.07) is 15.4. The third-order valence-corrected chi connectivity index (χ3v) is 4.20. The molecule has 0 unspecified atom stereocenters. The molecule has 0 atom stereocenters. The van der Waals surface area contributed by atoms with Gasteiger partial charge in [0.2, 0.25) is 0 Å². The fraction of sp³-hybridized carbons (Fsp3) is 0.316. The first-order valence-corrected chi connectivity index (χ1v) is 8.88. The van der Waals surface area contributed by atoms with Gasteiger partial charge in [0.1, 0.15) is 6.61 Å². The molecule has 2 rings (SSSR count). The van der Waals surface area contributed by atoms with Crippen LogP contribution in [-0.4, -0.2) is 45.2 Å². The van der Waals surface area contributed by atoms with Gasteiger partial charge in [-0.15, -0.1) is 0 Å². The molecular formula is C19H24BrN3O2. The van der Waals surface area contributed by atoms with E-state index in [1.54, 1.807) is 0 Å². The first kappa shape index (κ1) is 19.3. The molecule has 0 spiro atoms. The number of hydrogen-bond donors (Lipinski definition) is 1. The van der Waals surface area contributed by atoms with E-state index in [0.29, 0.717) is 5.69 Å². The first-order chi connectivity index (χ1) is 12.0. The molecule has 0 radical (unpaired) electrons. The second-order valence-electron chi connectivity index (χ2n) is 6.07. The molecule has 0 fully saturated rings. The van der Waals surface area contributed by atoms with Gasteiger partial charge in [-0.25, -0.2) is 4.79 Å². The molecule has 0 aliphatic rings. The van der Waals surface area contributed by atoms with E-state index in [1.165, 1.54) is 0 Å². The average molecular weight is 406 g/mol. The quantitative estimate of drug-likeness (QED) is 0.749. The van der Waals surface area contributed by atoms with Gasteiger partial charge in [0.15, 0.2) is 0 Å². The lowest BCUT2D eigenvalue weighted by atomic mass is 10.2. The van der Waals surface area contributed by atoms with Gasteiger partial charge in [-0.1, -0.05) is 46.3 Å². The van der Waals surface area contributed by atoms with E-state index >= 15 is 0 Å². The number of rotatable bonds is 7. The third-order valence-electron chi connectivity index (χ3n) is 3.70. The molecule has 0 heterocycles. The van der Waals surface area contributed by atoms with Crippen LogP contribution in [-0.2, 0) is 11.3 Å². The third kappa shape index (κ3) is 6.40. The van der Waals surface area contributed by atoms with Crippen molar-refractivity contribution < 1.29 is 9.53 Å². The number of hydrogen-bond acceptors (Lipinski definition) is 4. The lowest BCUT2D eigenvalue weighted by molar-refractivity contribution is 0.155. The van der Waals surface area contributed by atoms with Crippen molar-refractivity contribution in [1.82, 2.24) is 4.90 Å². The summed E-state index contributed by atoms with van der Waals surface area (Å²) >= 11 is 3.45. The molecule has 25 heavy (non-hydrogen) atoms. The number of anilines is 2. The second-order valence-corrected chi connectivity index (χ2v) is 6.99. The molecule has 0 aliphatic heterocycles. The second kappa shape index (κ2) is 9.44. The standard InChI is InChI=1S/C19H24BrN3O2/c1-22(2)11-12-23(3)18-10-9-16(20)13-17(18)21-19(24)25-14-15-7-5-4-6-8-15/h4-10,13H,11-12,14H2,1-3H3,(H,21,24). The molecular weight excluding hydrogens is 382 g/mol.